The minimum Gasteiger partial charge on any atom is -0.457 e. The molecule has 1 aromatic heterocycles. The normalized spacial score (nSPS) is 16.9. The van der Waals surface area contributed by atoms with E-state index >= 15 is 0 Å². The van der Waals surface area contributed by atoms with E-state index in [1.54, 1.807) is 30.3 Å². The molecule has 2 N–H and O–H groups in total. The van der Waals surface area contributed by atoms with E-state index in [9.17, 15) is 13.2 Å². The highest BCUT2D eigenvalue weighted by atomic mass is 32.2. The number of thioether (sulfide) groups is 1. The van der Waals surface area contributed by atoms with Crippen molar-refractivity contribution in [1.82, 2.24) is 4.90 Å². The number of thiocarbonyl (C=S) groups is 1. The van der Waals surface area contributed by atoms with E-state index in [-0.39, 0.29) is 10.8 Å². The second-order valence-corrected chi connectivity index (χ2v) is 8.43. The van der Waals surface area contributed by atoms with E-state index in [4.69, 9.17) is 21.8 Å². The highest BCUT2D eigenvalue weighted by Crippen LogP contribution is 2.33. The zero-order valence-electron chi connectivity index (χ0n) is 13.1. The number of nitrogens with two attached hydrogens (primary N) is 1. The number of nitrogens with zero attached hydrogens (tertiary/aromatic N) is 1. The number of amides is 1. The second kappa shape index (κ2) is 6.75. The molecule has 0 radical (unpaired) electrons. The number of hydrogen-bond donors (Lipinski definition) is 1. The van der Waals surface area contributed by atoms with Crippen LogP contribution in [0.5, 0.6) is 0 Å². The summed E-state index contributed by atoms with van der Waals surface area (Å²) in [5, 5.41) is 5.08. The van der Waals surface area contributed by atoms with Crippen molar-refractivity contribution in [2.75, 3.05) is 6.54 Å². The summed E-state index contributed by atoms with van der Waals surface area (Å²) in [6, 6.07) is 9.54. The van der Waals surface area contributed by atoms with E-state index in [0.717, 1.165) is 0 Å². The average molecular weight is 394 g/mol. The molecule has 0 saturated carbocycles. The van der Waals surface area contributed by atoms with Crippen LogP contribution in [0.1, 0.15) is 12.7 Å². The molecule has 0 bridgehead atoms. The lowest BCUT2D eigenvalue weighted by molar-refractivity contribution is -0.121. The highest BCUT2D eigenvalue weighted by molar-refractivity contribution is 8.26. The van der Waals surface area contributed by atoms with Crippen LogP contribution in [0.2, 0.25) is 0 Å². The fourth-order valence-corrected chi connectivity index (χ4v) is 4.18. The largest absolute Gasteiger partial charge is 0.457 e. The van der Waals surface area contributed by atoms with Gasteiger partial charge in [-0.25, -0.2) is 13.6 Å². The van der Waals surface area contributed by atoms with Crippen molar-refractivity contribution in [3.05, 3.63) is 47.1 Å². The Morgan fingerprint density at radius 3 is 2.48 bits per heavy atom. The van der Waals surface area contributed by atoms with Gasteiger partial charge in [0.25, 0.3) is 5.91 Å². The Morgan fingerprint density at radius 2 is 1.92 bits per heavy atom. The van der Waals surface area contributed by atoms with Crippen molar-refractivity contribution < 1.29 is 17.6 Å². The fraction of sp³-hybridized carbons (Fsp3) is 0.125. The van der Waals surface area contributed by atoms with Gasteiger partial charge in [-0.2, -0.15) is 0 Å². The zero-order valence-corrected chi connectivity index (χ0v) is 15.6. The lowest BCUT2D eigenvalue weighted by Crippen LogP contribution is -2.27. The Bertz CT molecular complexity index is 975. The number of rotatable bonds is 4. The van der Waals surface area contributed by atoms with Crippen molar-refractivity contribution >= 4 is 50.3 Å². The smallest absolute Gasteiger partial charge is 0.266 e. The predicted molar refractivity (Wildman–Crippen MR) is 101 cm³/mol. The number of carbonyl (C=O) groups excluding carboxylic acids is 1. The molecule has 130 valence electrons. The first kappa shape index (κ1) is 17.9. The summed E-state index contributed by atoms with van der Waals surface area (Å²) < 4.78 is 28.8. The maximum Gasteiger partial charge on any atom is 0.266 e. The summed E-state index contributed by atoms with van der Waals surface area (Å²) in [6.45, 7) is 2.39. The maximum atomic E-state index is 12.2. The van der Waals surface area contributed by atoms with Crippen LogP contribution in [0.4, 0.5) is 0 Å². The van der Waals surface area contributed by atoms with Gasteiger partial charge in [-0.3, -0.25) is 9.69 Å². The summed E-state index contributed by atoms with van der Waals surface area (Å²) in [5.41, 5.74) is 0.702. The number of likely N-dealkylation sites (N-methyl/N-ethyl adjacent to an activating group) is 1. The molecule has 25 heavy (non-hydrogen) atoms. The maximum absolute atomic E-state index is 12.2. The third-order valence-electron chi connectivity index (χ3n) is 3.56. The molecule has 1 aliphatic rings. The van der Waals surface area contributed by atoms with Crippen molar-refractivity contribution in [3.8, 4) is 11.3 Å². The standard InChI is InChI=1S/C16H14N2O4S3/c1-2-18-15(19)14(24-16(18)23)9-11-5-8-13(22-11)10-3-6-12(7-4-10)25(17,20)21/h3-9H,2H2,1H3,(H2,17,20,21)/b14-9-. The van der Waals surface area contributed by atoms with E-state index in [1.807, 2.05) is 6.92 Å². The molecule has 0 spiro atoms. The van der Waals surface area contributed by atoms with Crippen LogP contribution in [0.25, 0.3) is 17.4 Å². The van der Waals surface area contributed by atoms with Gasteiger partial charge in [0.2, 0.25) is 10.0 Å². The Morgan fingerprint density at radius 1 is 1.24 bits per heavy atom. The lowest BCUT2D eigenvalue weighted by Gasteiger charge is -2.09. The van der Waals surface area contributed by atoms with Gasteiger partial charge in [0, 0.05) is 18.2 Å². The van der Waals surface area contributed by atoms with Gasteiger partial charge in [0.1, 0.15) is 15.8 Å². The van der Waals surface area contributed by atoms with Crippen LogP contribution in [0.15, 0.2) is 50.6 Å². The van der Waals surface area contributed by atoms with Crippen molar-refractivity contribution in [1.29, 1.82) is 0 Å². The molecule has 3 rings (SSSR count). The molecule has 0 aliphatic carbocycles. The SMILES string of the molecule is CCN1C(=O)/C(=C/c2ccc(-c3ccc(S(N)(=O)=O)cc3)o2)SC1=S. The molecular formula is C16H14N2O4S3. The molecule has 2 aromatic rings. The molecule has 6 nitrogen and oxygen atoms in total. The van der Waals surface area contributed by atoms with Crippen LogP contribution in [0, 0.1) is 0 Å². The van der Waals surface area contributed by atoms with Crippen LogP contribution < -0.4 is 5.14 Å². The van der Waals surface area contributed by atoms with Crippen LogP contribution in [-0.4, -0.2) is 30.1 Å². The number of benzene rings is 1. The summed E-state index contributed by atoms with van der Waals surface area (Å²) in [4.78, 5) is 14.3. The topological polar surface area (TPSA) is 93.6 Å². The molecule has 1 aromatic carbocycles. The van der Waals surface area contributed by atoms with Crippen molar-refractivity contribution in [2.45, 2.75) is 11.8 Å². The number of furan rings is 1. The van der Waals surface area contributed by atoms with E-state index in [1.165, 1.54) is 28.8 Å². The predicted octanol–water partition coefficient (Wildman–Crippen LogP) is 2.82. The second-order valence-electron chi connectivity index (χ2n) is 5.20. The van der Waals surface area contributed by atoms with E-state index in [0.29, 0.717) is 32.9 Å². The zero-order chi connectivity index (χ0) is 18.2. The minimum atomic E-state index is -3.73. The van der Waals surface area contributed by atoms with E-state index in [2.05, 4.69) is 0 Å². The van der Waals surface area contributed by atoms with Gasteiger partial charge in [-0.05, 0) is 43.3 Å². The highest BCUT2D eigenvalue weighted by Gasteiger charge is 2.30. The number of sulfonamides is 1. The fourth-order valence-electron chi connectivity index (χ4n) is 2.30. The lowest BCUT2D eigenvalue weighted by atomic mass is 10.2. The molecule has 1 aliphatic heterocycles. The number of primary sulfonamides is 1. The van der Waals surface area contributed by atoms with Crippen LogP contribution in [-0.2, 0) is 14.8 Å². The first-order valence-electron chi connectivity index (χ1n) is 7.28. The third kappa shape index (κ3) is 3.69. The van der Waals surface area contributed by atoms with Gasteiger partial charge in [-0.15, -0.1) is 0 Å². The Labute approximate surface area is 154 Å². The quantitative estimate of drug-likeness (QED) is 0.633. The summed E-state index contributed by atoms with van der Waals surface area (Å²) >= 11 is 6.41. The first-order valence-corrected chi connectivity index (χ1v) is 10.0. The summed E-state index contributed by atoms with van der Waals surface area (Å²) in [5.74, 6) is 0.938. The molecule has 0 atom stereocenters. The minimum absolute atomic E-state index is 0.0336. The third-order valence-corrected chi connectivity index (χ3v) is 5.86. The van der Waals surface area contributed by atoms with Gasteiger partial charge in [0.15, 0.2) is 0 Å². The molecule has 1 fully saturated rings. The number of hydrogen-bond acceptors (Lipinski definition) is 6. The van der Waals surface area contributed by atoms with Gasteiger partial charge >= 0.3 is 0 Å². The molecule has 2 heterocycles. The molecule has 1 amide bonds. The average Bonchev–Trinajstić information content (AvgIpc) is 3.12. The first-order chi connectivity index (χ1) is 11.8. The molecule has 0 unspecified atom stereocenters. The molecule has 1 saturated heterocycles. The molecule has 9 heteroatoms. The Kier molecular flexibility index (Phi) is 4.83. The van der Waals surface area contributed by atoms with Gasteiger partial charge in [0.05, 0.1) is 9.80 Å². The van der Waals surface area contributed by atoms with Crippen LogP contribution in [0.3, 0.4) is 0 Å². The molecular weight excluding hydrogens is 380 g/mol. The Balaban J connectivity index is 1.85. The van der Waals surface area contributed by atoms with Gasteiger partial charge < -0.3 is 4.42 Å². The monoisotopic (exact) mass is 394 g/mol. The Hall–Kier alpha value is -1.94. The van der Waals surface area contributed by atoms with Gasteiger partial charge in [-0.1, -0.05) is 24.0 Å². The van der Waals surface area contributed by atoms with Crippen molar-refractivity contribution in [3.63, 3.8) is 0 Å². The van der Waals surface area contributed by atoms with Crippen molar-refractivity contribution in [2.24, 2.45) is 5.14 Å². The summed E-state index contributed by atoms with van der Waals surface area (Å²) in [6.07, 6.45) is 1.65. The van der Waals surface area contributed by atoms with Crippen LogP contribution >= 0.6 is 24.0 Å². The number of carbonyl (C=O) groups is 1. The van der Waals surface area contributed by atoms with E-state index < -0.39 is 10.0 Å². The summed E-state index contributed by atoms with van der Waals surface area (Å²) in [7, 11) is -3.73.